The molecule has 1 aliphatic carbocycles. The first-order valence-electron chi connectivity index (χ1n) is 7.46. The lowest BCUT2D eigenvalue weighted by molar-refractivity contribution is 0.0944. The molecule has 2 N–H and O–H groups in total. The van der Waals surface area contributed by atoms with Crippen LogP contribution in [-0.2, 0) is 13.6 Å². The van der Waals surface area contributed by atoms with E-state index >= 15 is 0 Å². The van der Waals surface area contributed by atoms with Crippen LogP contribution in [-0.4, -0.2) is 25.7 Å². The van der Waals surface area contributed by atoms with Crippen LogP contribution in [0, 0.1) is 0 Å². The van der Waals surface area contributed by atoms with Crippen LogP contribution in [0.2, 0.25) is 0 Å². The monoisotopic (exact) mass is 295 g/mol. The lowest BCUT2D eigenvalue weighted by atomic mass is 10.2. The van der Waals surface area contributed by atoms with Crippen LogP contribution in [0.4, 0.5) is 0 Å². The number of hydrogen-bond acceptors (Lipinski definition) is 3. The molecule has 6 nitrogen and oxygen atoms in total. The van der Waals surface area contributed by atoms with Crippen molar-refractivity contribution in [3.63, 3.8) is 0 Å². The molecule has 0 saturated heterocycles. The van der Waals surface area contributed by atoms with Gasteiger partial charge in [-0.05, 0) is 31.0 Å². The summed E-state index contributed by atoms with van der Waals surface area (Å²) in [6.45, 7) is 0.385. The number of nitrogens with zero attached hydrogens (tertiary/aromatic N) is 3. The molecule has 112 valence electrons. The number of aryl methyl sites for hydroxylation is 1. The summed E-state index contributed by atoms with van der Waals surface area (Å²) in [5.41, 5.74) is 3.50. The molecule has 1 amide bonds. The van der Waals surface area contributed by atoms with Gasteiger partial charge in [-0.3, -0.25) is 9.89 Å². The van der Waals surface area contributed by atoms with E-state index in [-0.39, 0.29) is 5.91 Å². The quantitative estimate of drug-likeness (QED) is 0.774. The predicted octanol–water partition coefficient (Wildman–Crippen LogP) is 2.10. The van der Waals surface area contributed by atoms with Crippen molar-refractivity contribution in [2.45, 2.75) is 25.3 Å². The molecule has 0 radical (unpaired) electrons. The molecule has 0 spiro atoms. The van der Waals surface area contributed by atoms with Gasteiger partial charge >= 0.3 is 0 Å². The number of hydrogen-bond donors (Lipinski definition) is 2. The van der Waals surface area contributed by atoms with E-state index in [1.165, 1.54) is 12.8 Å². The van der Waals surface area contributed by atoms with Crippen LogP contribution in [0.5, 0.6) is 0 Å². The number of fused-ring (bicyclic) bond motifs is 1. The average molecular weight is 295 g/mol. The van der Waals surface area contributed by atoms with Gasteiger partial charge in [-0.2, -0.15) is 5.10 Å². The summed E-state index contributed by atoms with van der Waals surface area (Å²) in [5.74, 6) is 1.22. The van der Waals surface area contributed by atoms with Gasteiger partial charge in [0, 0.05) is 18.7 Å². The number of amides is 1. The SMILES string of the molecule is Cn1c(CNC(=O)c2cc(C3CC3)[nH]n2)nc2ccccc21. The van der Waals surface area contributed by atoms with Gasteiger partial charge in [0.25, 0.3) is 5.91 Å². The maximum atomic E-state index is 12.2. The van der Waals surface area contributed by atoms with Crippen molar-refractivity contribution in [3.8, 4) is 0 Å². The number of rotatable bonds is 4. The van der Waals surface area contributed by atoms with Gasteiger partial charge < -0.3 is 9.88 Å². The van der Waals surface area contributed by atoms with Crippen molar-refractivity contribution in [1.29, 1.82) is 0 Å². The molecule has 1 fully saturated rings. The Balaban J connectivity index is 1.48. The highest BCUT2D eigenvalue weighted by Crippen LogP contribution is 2.38. The molecule has 1 aliphatic rings. The summed E-state index contributed by atoms with van der Waals surface area (Å²) in [4.78, 5) is 16.7. The minimum Gasteiger partial charge on any atom is -0.343 e. The van der Waals surface area contributed by atoms with Crippen LogP contribution in [0.25, 0.3) is 11.0 Å². The fraction of sp³-hybridized carbons (Fsp3) is 0.312. The number of aromatic nitrogens is 4. The minimum absolute atomic E-state index is 0.171. The Morgan fingerprint density at radius 3 is 3.00 bits per heavy atom. The van der Waals surface area contributed by atoms with E-state index in [0.29, 0.717) is 18.2 Å². The smallest absolute Gasteiger partial charge is 0.272 e. The minimum atomic E-state index is -0.171. The molecule has 6 heteroatoms. The average Bonchev–Trinajstić information content (AvgIpc) is 3.18. The zero-order valence-electron chi connectivity index (χ0n) is 12.3. The molecule has 2 aromatic heterocycles. The first kappa shape index (κ1) is 13.1. The van der Waals surface area contributed by atoms with Crippen molar-refractivity contribution in [1.82, 2.24) is 25.1 Å². The highest BCUT2D eigenvalue weighted by molar-refractivity contribution is 5.92. The first-order valence-corrected chi connectivity index (χ1v) is 7.46. The third-order valence-electron chi connectivity index (χ3n) is 4.13. The number of nitrogens with one attached hydrogen (secondary N) is 2. The molecular weight excluding hydrogens is 278 g/mol. The number of para-hydroxylation sites is 2. The first-order chi connectivity index (χ1) is 10.7. The van der Waals surface area contributed by atoms with Crippen molar-refractivity contribution in [2.24, 2.45) is 7.05 Å². The summed E-state index contributed by atoms with van der Waals surface area (Å²) in [6.07, 6.45) is 2.37. The number of H-pyrrole nitrogens is 1. The molecule has 22 heavy (non-hydrogen) atoms. The molecule has 3 aromatic rings. The van der Waals surface area contributed by atoms with Crippen molar-refractivity contribution < 1.29 is 4.79 Å². The lowest BCUT2D eigenvalue weighted by Gasteiger charge is -2.03. The molecule has 0 unspecified atom stereocenters. The maximum absolute atomic E-state index is 12.2. The normalized spacial score (nSPS) is 14.4. The van der Waals surface area contributed by atoms with Gasteiger partial charge in [-0.1, -0.05) is 12.1 Å². The Kier molecular flexibility index (Phi) is 2.96. The second-order valence-corrected chi connectivity index (χ2v) is 5.74. The summed E-state index contributed by atoms with van der Waals surface area (Å²) in [6, 6.07) is 9.78. The van der Waals surface area contributed by atoms with Gasteiger partial charge in [-0.25, -0.2) is 4.98 Å². The van der Waals surface area contributed by atoms with Crippen LogP contribution in [0.3, 0.4) is 0 Å². The van der Waals surface area contributed by atoms with E-state index in [4.69, 9.17) is 0 Å². The van der Waals surface area contributed by atoms with Crippen molar-refractivity contribution >= 4 is 16.9 Å². The Morgan fingerprint density at radius 2 is 2.23 bits per heavy atom. The fourth-order valence-electron chi connectivity index (χ4n) is 2.66. The van der Waals surface area contributed by atoms with Crippen LogP contribution >= 0.6 is 0 Å². The van der Waals surface area contributed by atoms with E-state index in [2.05, 4.69) is 20.5 Å². The van der Waals surface area contributed by atoms with E-state index in [1.807, 2.05) is 41.9 Å². The molecule has 2 heterocycles. The van der Waals surface area contributed by atoms with E-state index in [1.54, 1.807) is 0 Å². The summed E-state index contributed by atoms with van der Waals surface area (Å²) >= 11 is 0. The number of aromatic amines is 1. The molecule has 0 aliphatic heterocycles. The van der Waals surface area contributed by atoms with Gasteiger partial charge in [-0.15, -0.1) is 0 Å². The Hall–Kier alpha value is -2.63. The zero-order chi connectivity index (χ0) is 15.1. The number of imidazole rings is 1. The Bertz CT molecular complexity index is 843. The van der Waals surface area contributed by atoms with Gasteiger partial charge in [0.1, 0.15) is 11.5 Å². The molecule has 0 bridgehead atoms. The number of carbonyl (C=O) groups is 1. The Morgan fingerprint density at radius 1 is 1.41 bits per heavy atom. The third kappa shape index (κ3) is 2.26. The highest BCUT2D eigenvalue weighted by atomic mass is 16.1. The molecule has 1 saturated carbocycles. The second kappa shape index (κ2) is 4.98. The predicted molar refractivity (Wildman–Crippen MR) is 82.4 cm³/mol. The van der Waals surface area contributed by atoms with E-state index in [0.717, 1.165) is 22.6 Å². The topological polar surface area (TPSA) is 75.6 Å². The molecule has 4 rings (SSSR count). The molecular formula is C16H17N5O. The summed E-state index contributed by atoms with van der Waals surface area (Å²) < 4.78 is 2.00. The number of benzene rings is 1. The fourth-order valence-corrected chi connectivity index (χ4v) is 2.66. The Labute approximate surface area is 127 Å². The number of carbonyl (C=O) groups excluding carboxylic acids is 1. The summed E-state index contributed by atoms with van der Waals surface area (Å²) in [5, 5.41) is 9.92. The van der Waals surface area contributed by atoms with Crippen LogP contribution in [0.1, 0.15) is 40.8 Å². The van der Waals surface area contributed by atoms with Crippen LogP contribution < -0.4 is 5.32 Å². The zero-order valence-corrected chi connectivity index (χ0v) is 12.3. The third-order valence-corrected chi connectivity index (χ3v) is 4.13. The molecule has 0 atom stereocenters. The van der Waals surface area contributed by atoms with E-state index < -0.39 is 0 Å². The standard InChI is InChI=1S/C16H17N5O/c1-21-14-5-3-2-4-11(14)18-15(21)9-17-16(22)13-8-12(19-20-13)10-6-7-10/h2-5,8,10H,6-7,9H2,1H3,(H,17,22)(H,19,20). The highest BCUT2D eigenvalue weighted by Gasteiger charge is 2.26. The second-order valence-electron chi connectivity index (χ2n) is 5.74. The summed E-state index contributed by atoms with van der Waals surface area (Å²) in [7, 11) is 1.95. The van der Waals surface area contributed by atoms with Crippen LogP contribution in [0.15, 0.2) is 30.3 Å². The van der Waals surface area contributed by atoms with Gasteiger partial charge in [0.2, 0.25) is 0 Å². The lowest BCUT2D eigenvalue weighted by Crippen LogP contribution is -2.24. The van der Waals surface area contributed by atoms with E-state index in [9.17, 15) is 4.79 Å². The largest absolute Gasteiger partial charge is 0.343 e. The van der Waals surface area contributed by atoms with Crippen molar-refractivity contribution in [2.75, 3.05) is 0 Å². The maximum Gasteiger partial charge on any atom is 0.272 e. The van der Waals surface area contributed by atoms with Gasteiger partial charge in [0.05, 0.1) is 17.6 Å². The van der Waals surface area contributed by atoms with Crippen molar-refractivity contribution in [3.05, 3.63) is 47.5 Å². The van der Waals surface area contributed by atoms with Gasteiger partial charge in [0.15, 0.2) is 0 Å². The molecule has 1 aromatic carbocycles.